The molecule has 0 spiro atoms. The Labute approximate surface area is 185 Å². The maximum Gasteiger partial charge on any atom is 0.303 e. The van der Waals surface area contributed by atoms with Crippen molar-refractivity contribution in [2.45, 2.75) is 142 Å². The summed E-state index contributed by atoms with van der Waals surface area (Å²) in [7, 11) is 0. The third kappa shape index (κ3) is 11.6. The summed E-state index contributed by atoms with van der Waals surface area (Å²) in [6.07, 6.45) is 19.1. The van der Waals surface area contributed by atoms with Crippen molar-refractivity contribution in [2.24, 2.45) is 11.8 Å². The Balaban J connectivity index is 0.00000407. The zero-order valence-electron chi connectivity index (χ0n) is 20.2. The number of carbonyl (C=O) groups is 1. The fourth-order valence-electron chi connectivity index (χ4n) is 4.96. The van der Waals surface area contributed by atoms with E-state index in [2.05, 4.69) is 33.6 Å². The predicted molar refractivity (Wildman–Crippen MR) is 123 cm³/mol. The number of nitrogens with zero attached hydrogens (tertiary/aromatic N) is 1. The molecule has 0 aromatic carbocycles. The molecule has 0 aliphatic carbocycles. The number of rotatable bonds is 16. The minimum absolute atomic E-state index is 0.0906. The van der Waals surface area contributed by atoms with Crippen molar-refractivity contribution in [1.29, 1.82) is 0 Å². The van der Waals surface area contributed by atoms with Crippen LogP contribution in [0.4, 0.5) is 0 Å². The Morgan fingerprint density at radius 1 is 0.800 bits per heavy atom. The maximum absolute atomic E-state index is 10.4. The van der Waals surface area contributed by atoms with Crippen molar-refractivity contribution in [2.75, 3.05) is 0 Å². The van der Waals surface area contributed by atoms with E-state index in [0.29, 0.717) is 12.3 Å². The highest BCUT2D eigenvalue weighted by Crippen LogP contribution is 2.45. The fraction of sp³-hybridized carbons (Fsp3) is 0.958. The molecule has 1 aliphatic heterocycles. The second kappa shape index (κ2) is 16.0. The van der Waals surface area contributed by atoms with Crippen molar-refractivity contribution < 1.29 is 20.3 Å². The highest BCUT2D eigenvalue weighted by Gasteiger charge is 2.50. The van der Waals surface area contributed by atoms with E-state index in [-0.39, 0.29) is 11.1 Å². The average molecular weight is 431 g/mol. The number of carboxylic acid groups (broad SMARTS) is 1. The summed E-state index contributed by atoms with van der Waals surface area (Å²) in [4.78, 5) is 10.4. The number of hydroxylamine groups is 2. The molecule has 1 aliphatic rings. The molecular formula is C24H50N2O4. The van der Waals surface area contributed by atoms with Crippen LogP contribution in [0.15, 0.2) is 0 Å². The van der Waals surface area contributed by atoms with E-state index in [0.717, 1.165) is 19.3 Å². The second-order valence-electron chi connectivity index (χ2n) is 10.2. The zero-order chi connectivity index (χ0) is 23.0. The van der Waals surface area contributed by atoms with Gasteiger partial charge in [0.1, 0.15) is 0 Å². The van der Waals surface area contributed by atoms with Crippen LogP contribution in [0, 0.1) is 5.92 Å². The Kier molecular flexibility index (Phi) is 15.6. The molecule has 0 bridgehead atoms. The largest absolute Gasteiger partial charge is 0.481 e. The molecule has 0 saturated carbocycles. The van der Waals surface area contributed by atoms with Crippen LogP contribution in [-0.2, 0) is 4.79 Å². The molecule has 0 radical (unpaired) electrons. The molecule has 1 unspecified atom stereocenters. The van der Waals surface area contributed by atoms with Crippen molar-refractivity contribution in [3.8, 4) is 0 Å². The Bertz CT molecular complexity index is 441. The lowest BCUT2D eigenvalue weighted by Gasteiger charge is -2.36. The summed E-state index contributed by atoms with van der Waals surface area (Å²) in [6.45, 7) is 8.66. The molecule has 1 heterocycles. The van der Waals surface area contributed by atoms with Crippen LogP contribution in [0.1, 0.15) is 130 Å². The minimum Gasteiger partial charge on any atom is -0.481 e. The van der Waals surface area contributed by atoms with E-state index in [1.807, 2.05) is 0 Å². The van der Waals surface area contributed by atoms with E-state index in [4.69, 9.17) is 10.3 Å². The first kappa shape index (κ1) is 29.3. The monoisotopic (exact) mass is 430 g/mol. The smallest absolute Gasteiger partial charge is 0.303 e. The highest BCUT2D eigenvalue weighted by atomic mass is 16.5. The average Bonchev–Trinajstić information content (AvgIpc) is 2.85. The Hall–Kier alpha value is -0.690. The molecule has 0 aromatic heterocycles. The van der Waals surface area contributed by atoms with Crippen LogP contribution in [0.2, 0.25) is 0 Å². The van der Waals surface area contributed by atoms with Gasteiger partial charge in [0.25, 0.3) is 0 Å². The fourth-order valence-corrected chi connectivity index (χ4v) is 4.96. The summed E-state index contributed by atoms with van der Waals surface area (Å²) in [6, 6.07) is 0. The SMILES string of the molecule is CC1(C)CC(CCCCCCCCCCCCCCCC(=O)O)C(C)(C)N1O.NO. The summed E-state index contributed by atoms with van der Waals surface area (Å²) < 4.78 is 0. The van der Waals surface area contributed by atoms with E-state index in [1.54, 1.807) is 5.06 Å². The molecule has 0 amide bonds. The van der Waals surface area contributed by atoms with Gasteiger partial charge >= 0.3 is 5.97 Å². The minimum atomic E-state index is -0.664. The molecule has 1 saturated heterocycles. The molecule has 1 fully saturated rings. The normalized spacial score (nSPS) is 20.0. The predicted octanol–water partition coefficient (Wildman–Crippen LogP) is 6.53. The van der Waals surface area contributed by atoms with E-state index in [9.17, 15) is 10.0 Å². The lowest BCUT2D eigenvalue weighted by atomic mass is 9.83. The Morgan fingerprint density at radius 3 is 1.50 bits per heavy atom. The van der Waals surface area contributed by atoms with E-state index >= 15 is 0 Å². The molecule has 6 heteroatoms. The van der Waals surface area contributed by atoms with Crippen LogP contribution in [0.5, 0.6) is 0 Å². The van der Waals surface area contributed by atoms with Crippen LogP contribution >= 0.6 is 0 Å². The number of aliphatic carboxylic acids is 1. The van der Waals surface area contributed by atoms with Gasteiger partial charge in [-0.25, -0.2) is 5.90 Å². The topological polar surface area (TPSA) is 107 Å². The molecule has 5 N–H and O–H groups in total. The summed E-state index contributed by atoms with van der Waals surface area (Å²) in [5, 5.41) is 27.1. The standard InChI is InChI=1S/C24H47NO3.H3NO/c1-23(2)20-21(24(3,4)25(23)28)18-16-14-12-10-8-6-5-7-9-11-13-15-17-19-22(26)27;1-2/h21,28H,5-20H2,1-4H3,(H,26,27);2H,1H2. The molecule has 30 heavy (non-hydrogen) atoms. The highest BCUT2D eigenvalue weighted by molar-refractivity contribution is 5.66. The van der Waals surface area contributed by atoms with Gasteiger partial charge in [0.05, 0.1) is 0 Å². The first-order chi connectivity index (χ1) is 14.2. The van der Waals surface area contributed by atoms with Gasteiger partial charge in [0.15, 0.2) is 0 Å². The molecule has 0 aromatic rings. The van der Waals surface area contributed by atoms with Crippen molar-refractivity contribution in [3.63, 3.8) is 0 Å². The van der Waals surface area contributed by atoms with Crippen LogP contribution in [-0.4, -0.2) is 37.6 Å². The zero-order valence-corrected chi connectivity index (χ0v) is 20.2. The molecular weight excluding hydrogens is 380 g/mol. The van der Waals surface area contributed by atoms with Gasteiger partial charge in [-0.15, -0.1) is 0 Å². The molecule has 6 nitrogen and oxygen atoms in total. The number of carboxylic acids is 1. The van der Waals surface area contributed by atoms with Gasteiger partial charge in [-0.3, -0.25) is 4.79 Å². The van der Waals surface area contributed by atoms with Gasteiger partial charge in [-0.05, 0) is 52.9 Å². The third-order valence-corrected chi connectivity index (χ3v) is 6.81. The summed E-state index contributed by atoms with van der Waals surface area (Å²) in [5.41, 5.74) is -0.188. The van der Waals surface area contributed by atoms with Gasteiger partial charge < -0.3 is 15.5 Å². The lowest BCUT2D eigenvalue weighted by Crippen LogP contribution is -2.47. The Morgan fingerprint density at radius 2 is 1.17 bits per heavy atom. The molecule has 1 atom stereocenters. The molecule has 180 valence electrons. The molecule has 1 rings (SSSR count). The van der Waals surface area contributed by atoms with E-state index in [1.165, 1.54) is 77.0 Å². The van der Waals surface area contributed by atoms with Crippen LogP contribution in [0.3, 0.4) is 0 Å². The maximum atomic E-state index is 10.4. The van der Waals surface area contributed by atoms with Crippen molar-refractivity contribution >= 4 is 5.97 Å². The van der Waals surface area contributed by atoms with Crippen molar-refractivity contribution in [3.05, 3.63) is 0 Å². The van der Waals surface area contributed by atoms with Crippen LogP contribution < -0.4 is 5.90 Å². The van der Waals surface area contributed by atoms with Gasteiger partial charge in [-0.2, -0.15) is 5.06 Å². The van der Waals surface area contributed by atoms with Gasteiger partial charge in [-0.1, -0.05) is 77.0 Å². The van der Waals surface area contributed by atoms with E-state index < -0.39 is 5.97 Å². The number of unbranched alkanes of at least 4 members (excludes halogenated alkanes) is 12. The third-order valence-electron chi connectivity index (χ3n) is 6.81. The summed E-state index contributed by atoms with van der Waals surface area (Å²) >= 11 is 0. The number of hydrogen-bond donors (Lipinski definition) is 4. The van der Waals surface area contributed by atoms with Crippen LogP contribution in [0.25, 0.3) is 0 Å². The summed E-state index contributed by atoms with van der Waals surface area (Å²) in [5.74, 6) is 3.43. The van der Waals surface area contributed by atoms with Gasteiger partial charge in [0.2, 0.25) is 0 Å². The number of nitrogens with two attached hydrogens (primary N) is 1. The second-order valence-corrected chi connectivity index (χ2v) is 10.2. The quantitative estimate of drug-likeness (QED) is 0.164. The lowest BCUT2D eigenvalue weighted by molar-refractivity contribution is -0.197. The first-order valence-electron chi connectivity index (χ1n) is 12.1. The van der Waals surface area contributed by atoms with Gasteiger partial charge in [0, 0.05) is 17.5 Å². The first-order valence-corrected chi connectivity index (χ1v) is 12.1. The number of hydrogen-bond acceptors (Lipinski definition) is 5. The van der Waals surface area contributed by atoms with Crippen molar-refractivity contribution in [1.82, 2.24) is 5.06 Å².